The van der Waals surface area contributed by atoms with Crippen molar-refractivity contribution in [3.05, 3.63) is 35.4 Å². The van der Waals surface area contributed by atoms with Crippen LogP contribution in [0.4, 0.5) is 4.79 Å². The number of hydrogen-bond acceptors (Lipinski definition) is 3. The molecule has 2 aliphatic heterocycles. The molecular weight excluding hydrogens is 316 g/mol. The molecule has 25 heavy (non-hydrogen) atoms. The van der Waals surface area contributed by atoms with Crippen LogP contribution in [0.15, 0.2) is 24.3 Å². The van der Waals surface area contributed by atoms with E-state index >= 15 is 0 Å². The molecule has 0 bridgehead atoms. The molecule has 0 saturated carbocycles. The van der Waals surface area contributed by atoms with E-state index in [9.17, 15) is 9.59 Å². The molecule has 0 aromatic heterocycles. The van der Waals surface area contributed by atoms with Crippen LogP contribution < -0.4 is 11.1 Å². The van der Waals surface area contributed by atoms with Crippen LogP contribution in [0, 0.1) is 12.8 Å². The first-order valence-corrected chi connectivity index (χ1v) is 9.14. The van der Waals surface area contributed by atoms with E-state index in [-0.39, 0.29) is 23.9 Å². The van der Waals surface area contributed by atoms with E-state index < -0.39 is 0 Å². The molecule has 2 heterocycles. The normalized spacial score (nSPS) is 22.1. The lowest BCUT2D eigenvalue weighted by Gasteiger charge is -2.33. The van der Waals surface area contributed by atoms with Crippen LogP contribution >= 0.6 is 0 Å². The van der Waals surface area contributed by atoms with E-state index in [4.69, 9.17) is 5.73 Å². The smallest absolute Gasteiger partial charge is 0.317 e. The van der Waals surface area contributed by atoms with Crippen molar-refractivity contribution in [3.63, 3.8) is 0 Å². The van der Waals surface area contributed by atoms with Crippen molar-refractivity contribution >= 4 is 11.9 Å². The highest BCUT2D eigenvalue weighted by Gasteiger charge is 2.31. The fourth-order valence-electron chi connectivity index (χ4n) is 3.71. The molecule has 6 nitrogen and oxygen atoms in total. The predicted molar refractivity (Wildman–Crippen MR) is 96.9 cm³/mol. The number of urea groups is 1. The molecule has 0 aliphatic carbocycles. The van der Waals surface area contributed by atoms with Crippen LogP contribution in [0.1, 0.15) is 30.4 Å². The van der Waals surface area contributed by atoms with Crippen molar-refractivity contribution in [1.82, 2.24) is 15.1 Å². The van der Waals surface area contributed by atoms with Crippen molar-refractivity contribution in [3.8, 4) is 0 Å². The second-order valence-electron chi connectivity index (χ2n) is 7.26. The average Bonchev–Trinajstić information content (AvgIpc) is 3.09. The molecule has 1 aromatic rings. The maximum Gasteiger partial charge on any atom is 0.317 e. The van der Waals surface area contributed by atoms with Gasteiger partial charge >= 0.3 is 6.03 Å². The Morgan fingerprint density at radius 1 is 1.16 bits per heavy atom. The van der Waals surface area contributed by atoms with Crippen LogP contribution in [0.25, 0.3) is 0 Å². The number of nitrogens with two attached hydrogens (primary N) is 1. The molecule has 2 fully saturated rings. The van der Waals surface area contributed by atoms with E-state index in [1.807, 2.05) is 0 Å². The first kappa shape index (κ1) is 17.7. The van der Waals surface area contributed by atoms with Gasteiger partial charge in [0.2, 0.25) is 5.91 Å². The summed E-state index contributed by atoms with van der Waals surface area (Å²) < 4.78 is 0. The highest BCUT2D eigenvalue weighted by molar-refractivity contribution is 5.80. The minimum atomic E-state index is -0.306. The Morgan fingerprint density at radius 3 is 2.52 bits per heavy atom. The summed E-state index contributed by atoms with van der Waals surface area (Å²) in [5.74, 6) is -0.499. The number of aryl methyl sites for hydroxylation is 1. The molecule has 2 aliphatic rings. The maximum absolute atomic E-state index is 12.3. The molecule has 0 spiro atoms. The number of nitrogens with one attached hydrogen (secondary N) is 1. The van der Waals surface area contributed by atoms with Crippen LogP contribution in [-0.2, 0) is 11.3 Å². The Balaban J connectivity index is 1.43. The molecule has 3 amide bonds. The highest BCUT2D eigenvalue weighted by Crippen LogP contribution is 2.18. The third kappa shape index (κ3) is 4.51. The zero-order chi connectivity index (χ0) is 17.8. The maximum atomic E-state index is 12.3. The SMILES string of the molecule is Cc1ccccc1CN1CCC(NC(=O)N2CC[C@@H](C(N)=O)C2)CC1. The molecule has 1 aromatic carbocycles. The van der Waals surface area contributed by atoms with Crippen molar-refractivity contribution < 1.29 is 9.59 Å². The molecule has 1 atom stereocenters. The summed E-state index contributed by atoms with van der Waals surface area (Å²) in [6, 6.07) is 8.66. The quantitative estimate of drug-likeness (QED) is 0.868. The van der Waals surface area contributed by atoms with E-state index in [0.717, 1.165) is 32.5 Å². The number of rotatable bonds is 4. The second-order valence-corrected chi connectivity index (χ2v) is 7.26. The molecule has 2 saturated heterocycles. The van der Waals surface area contributed by atoms with Gasteiger partial charge in [-0.2, -0.15) is 0 Å². The van der Waals surface area contributed by atoms with Gasteiger partial charge in [-0.25, -0.2) is 4.79 Å². The number of likely N-dealkylation sites (tertiary alicyclic amines) is 2. The lowest BCUT2D eigenvalue weighted by molar-refractivity contribution is -0.121. The summed E-state index contributed by atoms with van der Waals surface area (Å²) >= 11 is 0. The highest BCUT2D eigenvalue weighted by atomic mass is 16.2. The summed E-state index contributed by atoms with van der Waals surface area (Å²) in [5, 5.41) is 3.12. The van der Waals surface area contributed by atoms with Crippen LogP contribution in [0.3, 0.4) is 0 Å². The molecule has 3 rings (SSSR count). The lowest BCUT2D eigenvalue weighted by Crippen LogP contribution is -2.48. The summed E-state index contributed by atoms with van der Waals surface area (Å²) in [4.78, 5) is 27.7. The van der Waals surface area contributed by atoms with E-state index in [1.165, 1.54) is 11.1 Å². The molecule has 136 valence electrons. The van der Waals surface area contributed by atoms with Crippen molar-refractivity contribution in [1.29, 1.82) is 0 Å². The number of benzene rings is 1. The number of nitrogens with zero attached hydrogens (tertiary/aromatic N) is 2. The third-order valence-electron chi connectivity index (χ3n) is 5.45. The Hall–Kier alpha value is -2.08. The Kier molecular flexibility index (Phi) is 5.58. The second kappa shape index (κ2) is 7.87. The number of primary amides is 1. The number of carbonyl (C=O) groups excluding carboxylic acids is 2. The zero-order valence-corrected chi connectivity index (χ0v) is 14.9. The first-order valence-electron chi connectivity index (χ1n) is 9.14. The fraction of sp³-hybridized carbons (Fsp3) is 0.579. The first-order chi connectivity index (χ1) is 12.0. The van der Waals surface area contributed by atoms with Crippen LogP contribution in [-0.4, -0.2) is 54.0 Å². The van der Waals surface area contributed by atoms with Crippen LogP contribution in [0.2, 0.25) is 0 Å². The average molecular weight is 344 g/mol. The Bertz CT molecular complexity index is 626. The van der Waals surface area contributed by atoms with Crippen molar-refractivity contribution in [2.75, 3.05) is 26.2 Å². The molecule has 0 radical (unpaired) electrons. The van der Waals surface area contributed by atoms with Crippen molar-refractivity contribution in [2.24, 2.45) is 11.7 Å². The van der Waals surface area contributed by atoms with Gasteiger partial charge in [-0.3, -0.25) is 9.69 Å². The van der Waals surface area contributed by atoms with Crippen molar-refractivity contribution in [2.45, 2.75) is 38.8 Å². The van der Waals surface area contributed by atoms with E-state index in [2.05, 4.69) is 41.4 Å². The minimum Gasteiger partial charge on any atom is -0.369 e. The van der Waals surface area contributed by atoms with Gasteiger partial charge in [0, 0.05) is 38.8 Å². The number of amides is 3. The molecule has 0 unspecified atom stereocenters. The van der Waals surface area contributed by atoms with Crippen LogP contribution in [0.5, 0.6) is 0 Å². The van der Waals surface area contributed by atoms with Gasteiger partial charge in [0.1, 0.15) is 0 Å². The third-order valence-corrected chi connectivity index (χ3v) is 5.45. The summed E-state index contributed by atoms with van der Waals surface area (Å²) in [6.45, 7) is 6.17. The molecular formula is C19H28N4O2. The predicted octanol–water partition coefficient (Wildman–Crippen LogP) is 1.48. The Morgan fingerprint density at radius 2 is 1.88 bits per heavy atom. The van der Waals surface area contributed by atoms with Gasteiger partial charge in [-0.15, -0.1) is 0 Å². The largest absolute Gasteiger partial charge is 0.369 e. The van der Waals surface area contributed by atoms with E-state index in [1.54, 1.807) is 4.90 Å². The van der Waals surface area contributed by atoms with Gasteiger partial charge in [-0.1, -0.05) is 24.3 Å². The number of carbonyl (C=O) groups is 2. The van der Waals surface area contributed by atoms with Gasteiger partial charge < -0.3 is 16.0 Å². The van der Waals surface area contributed by atoms with Gasteiger partial charge in [0.15, 0.2) is 0 Å². The number of hydrogen-bond donors (Lipinski definition) is 2. The monoisotopic (exact) mass is 344 g/mol. The lowest BCUT2D eigenvalue weighted by atomic mass is 10.0. The fourth-order valence-corrected chi connectivity index (χ4v) is 3.71. The minimum absolute atomic E-state index is 0.0545. The summed E-state index contributed by atoms with van der Waals surface area (Å²) in [5.41, 5.74) is 8.03. The summed E-state index contributed by atoms with van der Waals surface area (Å²) in [6.07, 6.45) is 2.60. The van der Waals surface area contributed by atoms with E-state index in [0.29, 0.717) is 19.5 Å². The van der Waals surface area contributed by atoms with Gasteiger partial charge in [0.25, 0.3) is 0 Å². The summed E-state index contributed by atoms with van der Waals surface area (Å²) in [7, 11) is 0. The zero-order valence-electron chi connectivity index (χ0n) is 14.9. The van der Waals surface area contributed by atoms with Gasteiger partial charge in [-0.05, 0) is 37.3 Å². The number of piperidine rings is 1. The van der Waals surface area contributed by atoms with Gasteiger partial charge in [0.05, 0.1) is 5.92 Å². The molecule has 6 heteroatoms. The topological polar surface area (TPSA) is 78.7 Å². The molecule has 3 N–H and O–H groups in total. The standard InChI is InChI=1S/C19H28N4O2/c1-14-4-2-3-5-15(14)12-22-9-7-17(8-10-22)21-19(25)23-11-6-16(13-23)18(20)24/h2-5,16-17H,6-13H2,1H3,(H2,20,24)(H,21,25)/t16-/m1/s1. The Labute approximate surface area is 149 Å².